The van der Waals surface area contributed by atoms with Gasteiger partial charge in [-0.2, -0.15) is 0 Å². The van der Waals surface area contributed by atoms with Crippen LogP contribution < -0.4 is 10.6 Å². The molecule has 1 aromatic rings. The molecule has 1 aliphatic rings. The molecule has 2 rings (SSSR count). The van der Waals surface area contributed by atoms with Crippen molar-refractivity contribution in [2.75, 3.05) is 20.1 Å². The van der Waals surface area contributed by atoms with Gasteiger partial charge in [-0.05, 0) is 79.8 Å². The molecule has 0 unspecified atom stereocenters. The summed E-state index contributed by atoms with van der Waals surface area (Å²) < 4.78 is 0. The number of nitrogens with one attached hydrogen (secondary N) is 2. The molecule has 0 radical (unpaired) electrons. The zero-order chi connectivity index (χ0) is 23.6. The Labute approximate surface area is 188 Å². The van der Waals surface area contributed by atoms with Crippen LogP contribution in [-0.2, 0) is 5.41 Å². The molecule has 0 bridgehead atoms. The van der Waals surface area contributed by atoms with Crippen LogP contribution in [-0.4, -0.2) is 31.2 Å². The molecule has 1 fully saturated rings. The molecule has 0 spiro atoms. The lowest BCUT2D eigenvalue weighted by molar-refractivity contribution is 0.188. The highest BCUT2D eigenvalue weighted by atomic mass is 14.9. The Morgan fingerprint density at radius 3 is 1.70 bits per heavy atom. The fraction of sp³-hybridized carbons (Fsp3) is 0.741. The van der Waals surface area contributed by atoms with E-state index in [9.17, 15) is 0 Å². The lowest BCUT2D eigenvalue weighted by Gasteiger charge is -2.34. The highest BCUT2D eigenvalue weighted by molar-refractivity contribution is 5.18. The first kappa shape index (κ1) is 28.8. The average molecular weight is 418 g/mol. The Morgan fingerprint density at radius 1 is 1.00 bits per heavy atom. The number of piperidine rings is 1. The molecular formula is C27H51N3. The smallest absolute Gasteiger partial charge is 0.0270 e. The SMILES string of the molecule is C=C([C@@H](C)NC)C(C)(C)C.CC(C)(C)C1CCNCC1.CC(C)(C)c1ccncc1. The highest BCUT2D eigenvalue weighted by Gasteiger charge is 2.25. The van der Waals surface area contributed by atoms with E-state index in [-0.39, 0.29) is 10.8 Å². The fourth-order valence-electron chi connectivity index (χ4n) is 3.36. The Kier molecular flexibility index (Phi) is 12.1. The van der Waals surface area contributed by atoms with Crippen molar-refractivity contribution in [2.45, 2.75) is 93.5 Å². The summed E-state index contributed by atoms with van der Waals surface area (Å²) in [7, 11) is 1.96. The second-order valence-corrected chi connectivity index (χ2v) is 11.7. The third-order valence-corrected chi connectivity index (χ3v) is 6.03. The van der Waals surface area contributed by atoms with Crippen molar-refractivity contribution >= 4 is 0 Å². The third-order valence-electron chi connectivity index (χ3n) is 6.03. The van der Waals surface area contributed by atoms with E-state index in [1.807, 2.05) is 19.4 Å². The van der Waals surface area contributed by atoms with Crippen LogP contribution in [0.3, 0.4) is 0 Å². The first-order chi connectivity index (χ1) is 13.6. The number of nitrogens with zero attached hydrogens (tertiary/aromatic N) is 1. The van der Waals surface area contributed by atoms with Gasteiger partial charge in [0.2, 0.25) is 0 Å². The largest absolute Gasteiger partial charge is 0.317 e. The Bertz CT molecular complexity index is 579. The molecule has 3 heteroatoms. The molecule has 30 heavy (non-hydrogen) atoms. The van der Waals surface area contributed by atoms with E-state index < -0.39 is 0 Å². The first-order valence-electron chi connectivity index (χ1n) is 11.6. The van der Waals surface area contributed by atoms with Crippen LogP contribution in [0.15, 0.2) is 36.7 Å². The molecule has 0 aliphatic carbocycles. The van der Waals surface area contributed by atoms with Crippen molar-refractivity contribution in [1.29, 1.82) is 0 Å². The molecule has 3 nitrogen and oxygen atoms in total. The maximum Gasteiger partial charge on any atom is 0.0270 e. The van der Waals surface area contributed by atoms with Crippen molar-refractivity contribution in [3.05, 3.63) is 42.2 Å². The molecule has 1 atom stereocenters. The standard InChI is InChI=1S/C9H19N.C9H13N.C9H19N/c2*1-9(2,3)8-4-6-10-7-5-8;1-7(8(2)10-6)9(3,4)5/h8,10H,4-7H2,1-3H3;4-7H,1-3H3;8,10H,1H2,2-6H3/t;;8-/m..1/s1. The molecule has 1 aliphatic heterocycles. The maximum atomic E-state index is 4.03. The van der Waals surface area contributed by atoms with Crippen molar-refractivity contribution < 1.29 is 0 Å². The summed E-state index contributed by atoms with van der Waals surface area (Å²) in [6.45, 7) is 28.8. The highest BCUT2D eigenvalue weighted by Crippen LogP contribution is 2.32. The van der Waals surface area contributed by atoms with E-state index in [1.165, 1.54) is 37.1 Å². The average Bonchev–Trinajstić information content (AvgIpc) is 2.67. The number of aromatic nitrogens is 1. The van der Waals surface area contributed by atoms with Crippen molar-refractivity contribution in [3.63, 3.8) is 0 Å². The van der Waals surface area contributed by atoms with Crippen LogP contribution in [0, 0.1) is 16.7 Å². The van der Waals surface area contributed by atoms with Crippen LogP contribution in [0.4, 0.5) is 0 Å². The zero-order valence-corrected chi connectivity index (χ0v) is 21.9. The van der Waals surface area contributed by atoms with E-state index in [0.717, 1.165) is 5.92 Å². The van der Waals surface area contributed by atoms with E-state index in [1.54, 1.807) is 0 Å². The van der Waals surface area contributed by atoms with Gasteiger partial charge in [0.1, 0.15) is 0 Å². The van der Waals surface area contributed by atoms with Crippen molar-refractivity contribution in [1.82, 2.24) is 15.6 Å². The van der Waals surface area contributed by atoms with Gasteiger partial charge in [-0.3, -0.25) is 4.98 Å². The third kappa shape index (κ3) is 11.9. The summed E-state index contributed by atoms with van der Waals surface area (Å²) in [6, 6.07) is 4.53. The number of rotatable bonds is 2. The van der Waals surface area contributed by atoms with E-state index in [0.29, 0.717) is 11.5 Å². The van der Waals surface area contributed by atoms with Gasteiger partial charge in [-0.15, -0.1) is 0 Å². The van der Waals surface area contributed by atoms with Crippen LogP contribution in [0.1, 0.15) is 87.6 Å². The van der Waals surface area contributed by atoms with Crippen LogP contribution in [0.5, 0.6) is 0 Å². The molecule has 0 saturated carbocycles. The number of pyridine rings is 1. The van der Waals surface area contributed by atoms with E-state index in [4.69, 9.17) is 0 Å². The summed E-state index contributed by atoms with van der Waals surface area (Å²) in [5, 5.41) is 6.56. The molecule has 0 amide bonds. The number of hydrogen-bond acceptors (Lipinski definition) is 3. The Balaban J connectivity index is 0.000000420. The summed E-state index contributed by atoms with van der Waals surface area (Å²) in [6.07, 6.45) is 6.40. The Morgan fingerprint density at radius 2 is 1.47 bits per heavy atom. The van der Waals surface area contributed by atoms with Gasteiger partial charge in [0, 0.05) is 18.4 Å². The van der Waals surface area contributed by atoms with Gasteiger partial charge in [-0.1, -0.05) is 74.5 Å². The maximum absolute atomic E-state index is 4.03. The van der Waals surface area contributed by atoms with E-state index >= 15 is 0 Å². The monoisotopic (exact) mass is 417 g/mol. The molecule has 2 N–H and O–H groups in total. The summed E-state index contributed by atoms with van der Waals surface area (Å²) in [4.78, 5) is 3.96. The van der Waals surface area contributed by atoms with Crippen LogP contribution in [0.2, 0.25) is 0 Å². The molecule has 2 heterocycles. The van der Waals surface area contributed by atoms with Gasteiger partial charge in [0.15, 0.2) is 0 Å². The second-order valence-electron chi connectivity index (χ2n) is 11.7. The summed E-state index contributed by atoms with van der Waals surface area (Å²) in [5.74, 6) is 0.939. The minimum Gasteiger partial charge on any atom is -0.317 e. The molecule has 0 aromatic carbocycles. The first-order valence-corrected chi connectivity index (χ1v) is 11.6. The molecule has 1 aromatic heterocycles. The Hall–Kier alpha value is -1.19. The normalized spacial score (nSPS) is 16.5. The number of hydrogen-bond donors (Lipinski definition) is 2. The molecule has 1 saturated heterocycles. The molecular weight excluding hydrogens is 366 g/mol. The predicted octanol–water partition coefficient (Wildman–Crippen LogP) is 6.61. The topological polar surface area (TPSA) is 37.0 Å². The van der Waals surface area contributed by atoms with Gasteiger partial charge in [-0.25, -0.2) is 0 Å². The summed E-state index contributed by atoms with van der Waals surface area (Å²) in [5.41, 5.74) is 3.60. The zero-order valence-electron chi connectivity index (χ0n) is 21.9. The van der Waals surface area contributed by atoms with Crippen molar-refractivity contribution in [2.24, 2.45) is 16.7 Å². The van der Waals surface area contributed by atoms with Gasteiger partial charge in [0.05, 0.1) is 0 Å². The van der Waals surface area contributed by atoms with Gasteiger partial charge >= 0.3 is 0 Å². The fourth-order valence-corrected chi connectivity index (χ4v) is 3.36. The quantitative estimate of drug-likeness (QED) is 0.532. The van der Waals surface area contributed by atoms with Crippen LogP contribution in [0.25, 0.3) is 0 Å². The van der Waals surface area contributed by atoms with Crippen LogP contribution >= 0.6 is 0 Å². The predicted molar refractivity (Wildman–Crippen MR) is 135 cm³/mol. The van der Waals surface area contributed by atoms with E-state index in [2.05, 4.69) is 104 Å². The van der Waals surface area contributed by atoms with Crippen molar-refractivity contribution in [3.8, 4) is 0 Å². The lowest BCUT2D eigenvalue weighted by atomic mass is 9.76. The minimum atomic E-state index is 0.225. The summed E-state index contributed by atoms with van der Waals surface area (Å²) >= 11 is 0. The second kappa shape index (κ2) is 12.6. The van der Waals surface area contributed by atoms with Gasteiger partial charge < -0.3 is 10.6 Å². The van der Waals surface area contributed by atoms with Gasteiger partial charge in [0.25, 0.3) is 0 Å². The minimum absolute atomic E-state index is 0.225. The molecule has 174 valence electrons. The number of likely N-dealkylation sites (N-methyl/N-ethyl adjacent to an activating group) is 1. The lowest BCUT2D eigenvalue weighted by Crippen LogP contribution is -2.34.